The number of nitrogens with one attached hydrogen (secondary N) is 2. The third-order valence-corrected chi connectivity index (χ3v) is 4.67. The lowest BCUT2D eigenvalue weighted by molar-refractivity contribution is -0.119. The number of rotatable bonds is 10. The number of nitrogen functional groups attached to an aromatic ring is 1. The van der Waals surface area contributed by atoms with E-state index < -0.39 is 5.91 Å². The number of pyridine rings is 1. The summed E-state index contributed by atoms with van der Waals surface area (Å²) in [5.41, 5.74) is 12.7. The van der Waals surface area contributed by atoms with Crippen LogP contribution in [0, 0.1) is 5.41 Å². The zero-order valence-corrected chi connectivity index (χ0v) is 18.3. The van der Waals surface area contributed by atoms with Gasteiger partial charge < -0.3 is 26.3 Å². The molecule has 2 amide bonds. The summed E-state index contributed by atoms with van der Waals surface area (Å²) >= 11 is 6.19. The predicted molar refractivity (Wildman–Crippen MR) is 123 cm³/mol. The van der Waals surface area contributed by atoms with Crippen LogP contribution >= 0.6 is 11.6 Å². The van der Waals surface area contributed by atoms with Crippen molar-refractivity contribution in [3.05, 3.63) is 88.2 Å². The Morgan fingerprint density at radius 3 is 2.58 bits per heavy atom. The zero-order chi connectivity index (χ0) is 23.8. The molecule has 0 spiro atoms. The number of nitrogens with zero attached hydrogens (tertiary/aromatic N) is 1. The van der Waals surface area contributed by atoms with Crippen molar-refractivity contribution in [2.24, 2.45) is 11.5 Å². The molecule has 0 aliphatic carbocycles. The van der Waals surface area contributed by atoms with Crippen molar-refractivity contribution in [1.29, 1.82) is 5.41 Å². The molecule has 3 rings (SSSR count). The third kappa shape index (κ3) is 6.94. The SMILES string of the molecule is N=C(N)c1ccc(CNC(=O)c2cc(Cl)cc(COc3cccnc3)c2)c(OCC(N)=O)c1. The highest BCUT2D eigenvalue weighted by atomic mass is 35.5. The number of nitrogens with two attached hydrogens (primary N) is 2. The molecule has 9 nitrogen and oxygen atoms in total. The highest BCUT2D eigenvalue weighted by molar-refractivity contribution is 6.31. The van der Waals surface area contributed by atoms with E-state index in [0.29, 0.717) is 38.8 Å². The summed E-state index contributed by atoms with van der Waals surface area (Å²) in [5.74, 6) is -0.288. The summed E-state index contributed by atoms with van der Waals surface area (Å²) in [7, 11) is 0. The van der Waals surface area contributed by atoms with Crippen LogP contribution in [0.4, 0.5) is 0 Å². The van der Waals surface area contributed by atoms with E-state index in [2.05, 4.69) is 10.3 Å². The van der Waals surface area contributed by atoms with Crippen LogP contribution in [0.3, 0.4) is 0 Å². The molecule has 2 aromatic carbocycles. The maximum Gasteiger partial charge on any atom is 0.255 e. The predicted octanol–water partition coefficient (Wildman–Crippen LogP) is 2.39. The second kappa shape index (κ2) is 11.0. The number of halogens is 1. The molecule has 170 valence electrons. The summed E-state index contributed by atoms with van der Waals surface area (Å²) in [6, 6.07) is 13.3. The van der Waals surface area contributed by atoms with Crippen LogP contribution in [-0.4, -0.2) is 29.2 Å². The van der Waals surface area contributed by atoms with Gasteiger partial charge in [-0.05, 0) is 42.0 Å². The third-order valence-electron chi connectivity index (χ3n) is 4.45. The maximum atomic E-state index is 12.8. The minimum absolute atomic E-state index is 0.0964. The van der Waals surface area contributed by atoms with Crippen molar-refractivity contribution in [3.63, 3.8) is 0 Å². The molecule has 0 saturated heterocycles. The summed E-state index contributed by atoms with van der Waals surface area (Å²) in [6.07, 6.45) is 3.24. The van der Waals surface area contributed by atoms with E-state index in [9.17, 15) is 9.59 Å². The van der Waals surface area contributed by atoms with Gasteiger partial charge in [0.1, 0.15) is 23.9 Å². The van der Waals surface area contributed by atoms with Crippen LogP contribution in [0.5, 0.6) is 11.5 Å². The van der Waals surface area contributed by atoms with Gasteiger partial charge in [0.25, 0.3) is 11.8 Å². The Kier molecular flexibility index (Phi) is 7.82. The fraction of sp³-hybridized carbons (Fsp3) is 0.130. The molecule has 0 saturated carbocycles. The average Bonchev–Trinajstić information content (AvgIpc) is 2.80. The molecular formula is C23H22ClN5O4. The molecular weight excluding hydrogens is 446 g/mol. The first-order chi connectivity index (χ1) is 15.8. The summed E-state index contributed by atoms with van der Waals surface area (Å²) in [5, 5.41) is 10.7. The Morgan fingerprint density at radius 2 is 1.88 bits per heavy atom. The van der Waals surface area contributed by atoms with Gasteiger partial charge in [0, 0.05) is 34.5 Å². The van der Waals surface area contributed by atoms with Crippen molar-refractivity contribution < 1.29 is 19.1 Å². The fourth-order valence-corrected chi connectivity index (χ4v) is 3.15. The molecule has 33 heavy (non-hydrogen) atoms. The smallest absolute Gasteiger partial charge is 0.255 e. The van der Waals surface area contributed by atoms with Crippen LogP contribution in [0.25, 0.3) is 0 Å². The topological polar surface area (TPSA) is 153 Å². The van der Waals surface area contributed by atoms with E-state index in [1.165, 1.54) is 6.07 Å². The number of amidine groups is 1. The van der Waals surface area contributed by atoms with Crippen LogP contribution < -0.4 is 26.3 Å². The van der Waals surface area contributed by atoms with Crippen LogP contribution in [-0.2, 0) is 17.9 Å². The van der Waals surface area contributed by atoms with Crippen molar-refractivity contribution in [2.75, 3.05) is 6.61 Å². The maximum absolute atomic E-state index is 12.8. The zero-order valence-electron chi connectivity index (χ0n) is 17.5. The highest BCUT2D eigenvalue weighted by Gasteiger charge is 2.13. The van der Waals surface area contributed by atoms with Crippen molar-refractivity contribution in [3.8, 4) is 11.5 Å². The van der Waals surface area contributed by atoms with Gasteiger partial charge in [-0.15, -0.1) is 0 Å². The Morgan fingerprint density at radius 1 is 1.06 bits per heavy atom. The molecule has 0 bridgehead atoms. The van der Waals surface area contributed by atoms with Gasteiger partial charge in [-0.1, -0.05) is 23.7 Å². The van der Waals surface area contributed by atoms with Crippen molar-refractivity contribution in [2.45, 2.75) is 13.2 Å². The van der Waals surface area contributed by atoms with Gasteiger partial charge in [0.05, 0.1) is 6.20 Å². The second-order valence-corrected chi connectivity index (χ2v) is 7.44. The molecule has 1 heterocycles. The number of hydrogen-bond donors (Lipinski definition) is 4. The molecule has 6 N–H and O–H groups in total. The van der Waals surface area contributed by atoms with E-state index >= 15 is 0 Å². The minimum atomic E-state index is -0.654. The highest BCUT2D eigenvalue weighted by Crippen LogP contribution is 2.22. The lowest BCUT2D eigenvalue weighted by Gasteiger charge is -2.13. The van der Waals surface area contributed by atoms with E-state index in [0.717, 1.165) is 0 Å². The monoisotopic (exact) mass is 467 g/mol. The summed E-state index contributed by atoms with van der Waals surface area (Å²) in [6.45, 7) is -0.0415. The largest absolute Gasteiger partial charge is 0.487 e. The number of carbonyl (C=O) groups is 2. The van der Waals surface area contributed by atoms with E-state index in [1.54, 1.807) is 54.9 Å². The molecule has 0 unspecified atom stereocenters. The first-order valence-corrected chi connectivity index (χ1v) is 10.2. The van der Waals surface area contributed by atoms with Gasteiger partial charge in [-0.2, -0.15) is 0 Å². The number of carbonyl (C=O) groups excluding carboxylic acids is 2. The van der Waals surface area contributed by atoms with E-state index in [1.807, 2.05) is 0 Å². The standard InChI is InChI=1S/C23H22ClN5O4/c24-18-7-14(12-32-19-2-1-5-28-11-19)6-17(8-18)23(31)29-10-16-4-3-15(22(26)27)9-20(16)33-13-21(25)30/h1-9,11H,10,12-13H2,(H2,25,30)(H3,26,27)(H,29,31). The van der Waals surface area contributed by atoms with Gasteiger partial charge in [0.15, 0.2) is 6.61 Å². The van der Waals surface area contributed by atoms with Crippen molar-refractivity contribution >= 4 is 29.3 Å². The quantitative estimate of drug-likeness (QED) is 0.265. The normalized spacial score (nSPS) is 10.3. The summed E-state index contributed by atoms with van der Waals surface area (Å²) in [4.78, 5) is 27.8. The summed E-state index contributed by atoms with van der Waals surface area (Å²) < 4.78 is 11.1. The first kappa shape index (κ1) is 23.6. The van der Waals surface area contributed by atoms with Crippen LogP contribution in [0.15, 0.2) is 60.9 Å². The minimum Gasteiger partial charge on any atom is -0.487 e. The lowest BCUT2D eigenvalue weighted by Crippen LogP contribution is -2.25. The average molecular weight is 468 g/mol. The van der Waals surface area contributed by atoms with E-state index in [-0.39, 0.29) is 31.5 Å². The van der Waals surface area contributed by atoms with Gasteiger partial charge in [-0.3, -0.25) is 20.0 Å². The molecule has 3 aromatic rings. The van der Waals surface area contributed by atoms with E-state index in [4.69, 9.17) is 38.0 Å². The van der Waals surface area contributed by atoms with Gasteiger partial charge in [0.2, 0.25) is 0 Å². The number of primary amides is 1. The molecule has 0 aliphatic rings. The molecule has 0 radical (unpaired) electrons. The Bertz CT molecular complexity index is 1170. The Labute approximate surface area is 195 Å². The first-order valence-electron chi connectivity index (χ1n) is 9.80. The molecule has 10 heteroatoms. The Hall–Kier alpha value is -4.11. The van der Waals surface area contributed by atoms with Crippen LogP contribution in [0.2, 0.25) is 5.02 Å². The van der Waals surface area contributed by atoms with Gasteiger partial charge >= 0.3 is 0 Å². The van der Waals surface area contributed by atoms with Gasteiger partial charge in [-0.25, -0.2) is 0 Å². The van der Waals surface area contributed by atoms with Crippen molar-refractivity contribution in [1.82, 2.24) is 10.3 Å². The molecule has 1 aromatic heterocycles. The number of ether oxygens (including phenoxy) is 2. The lowest BCUT2D eigenvalue weighted by atomic mass is 10.1. The fourth-order valence-electron chi connectivity index (χ4n) is 2.89. The number of amides is 2. The molecule has 0 atom stereocenters. The number of aromatic nitrogens is 1. The van der Waals surface area contributed by atoms with Crippen LogP contribution in [0.1, 0.15) is 27.0 Å². The molecule has 0 aliphatic heterocycles. The molecule has 0 fully saturated rings. The number of hydrogen-bond acceptors (Lipinski definition) is 6. The Balaban J connectivity index is 1.70. The number of benzene rings is 2. The second-order valence-electron chi connectivity index (χ2n) is 7.00.